The molecular formula is C10H12BrNOS. The predicted molar refractivity (Wildman–Crippen MR) is 61.7 cm³/mol. The summed E-state index contributed by atoms with van der Waals surface area (Å²) >= 11 is 4.82. The lowest BCUT2D eigenvalue weighted by Gasteiger charge is -2.09. The summed E-state index contributed by atoms with van der Waals surface area (Å²) in [6.45, 7) is 3.01. The molecule has 0 aromatic carbocycles. The maximum absolute atomic E-state index is 11.7. The second-order valence-electron chi connectivity index (χ2n) is 4.09. The first-order valence-electron chi connectivity index (χ1n) is 4.62. The van der Waals surface area contributed by atoms with Gasteiger partial charge in [0.15, 0.2) is 0 Å². The number of carbonyl (C=O) groups is 1. The minimum Gasteiger partial charge on any atom is -0.351 e. The minimum atomic E-state index is 0.0417. The van der Waals surface area contributed by atoms with E-state index in [9.17, 15) is 4.79 Å². The van der Waals surface area contributed by atoms with Crippen molar-refractivity contribution < 1.29 is 4.79 Å². The third kappa shape index (κ3) is 2.17. The number of amides is 1. The molecule has 0 saturated heterocycles. The van der Waals surface area contributed by atoms with Crippen LogP contribution in [0.5, 0.6) is 0 Å². The van der Waals surface area contributed by atoms with Gasteiger partial charge in [-0.05, 0) is 45.6 Å². The second kappa shape index (κ2) is 3.66. The molecule has 0 atom stereocenters. The maximum Gasteiger partial charge on any atom is 0.262 e. The summed E-state index contributed by atoms with van der Waals surface area (Å²) in [5.74, 6) is 0.0417. The van der Waals surface area contributed by atoms with E-state index in [2.05, 4.69) is 28.2 Å². The normalized spacial score (nSPS) is 17.9. The van der Waals surface area contributed by atoms with Crippen LogP contribution >= 0.6 is 27.3 Å². The Morgan fingerprint density at radius 1 is 1.71 bits per heavy atom. The Kier molecular flexibility index (Phi) is 2.66. The highest BCUT2D eigenvalue weighted by Gasteiger charge is 2.37. The summed E-state index contributed by atoms with van der Waals surface area (Å²) in [5, 5.41) is 4.88. The van der Waals surface area contributed by atoms with Gasteiger partial charge < -0.3 is 5.32 Å². The quantitative estimate of drug-likeness (QED) is 0.901. The minimum absolute atomic E-state index is 0.0417. The molecule has 1 aliphatic carbocycles. The van der Waals surface area contributed by atoms with Crippen LogP contribution in [0.2, 0.25) is 0 Å². The monoisotopic (exact) mass is 273 g/mol. The van der Waals surface area contributed by atoms with E-state index >= 15 is 0 Å². The number of hydrogen-bond acceptors (Lipinski definition) is 2. The smallest absolute Gasteiger partial charge is 0.262 e. The SMILES string of the molecule is CC1(CNC(=O)c2sccc2Br)CC1. The predicted octanol–water partition coefficient (Wildman–Crippen LogP) is 3.04. The van der Waals surface area contributed by atoms with Crippen molar-refractivity contribution in [3.63, 3.8) is 0 Å². The zero-order valence-corrected chi connectivity index (χ0v) is 10.4. The highest BCUT2D eigenvalue weighted by Crippen LogP contribution is 2.44. The zero-order valence-electron chi connectivity index (χ0n) is 7.97. The van der Waals surface area contributed by atoms with Gasteiger partial charge in [-0.2, -0.15) is 0 Å². The van der Waals surface area contributed by atoms with Crippen LogP contribution in [0.15, 0.2) is 15.9 Å². The van der Waals surface area contributed by atoms with Crippen LogP contribution < -0.4 is 5.32 Å². The van der Waals surface area contributed by atoms with E-state index in [-0.39, 0.29) is 5.91 Å². The molecular weight excluding hydrogens is 262 g/mol. The molecule has 0 spiro atoms. The molecule has 1 aliphatic rings. The van der Waals surface area contributed by atoms with Crippen LogP contribution in [-0.4, -0.2) is 12.5 Å². The number of nitrogens with one attached hydrogen (secondary N) is 1. The lowest BCUT2D eigenvalue weighted by Crippen LogP contribution is -2.28. The molecule has 2 nitrogen and oxygen atoms in total. The second-order valence-corrected chi connectivity index (χ2v) is 5.86. The lowest BCUT2D eigenvalue weighted by atomic mass is 10.1. The highest BCUT2D eigenvalue weighted by atomic mass is 79.9. The summed E-state index contributed by atoms with van der Waals surface area (Å²) < 4.78 is 0.890. The van der Waals surface area contributed by atoms with E-state index in [0.29, 0.717) is 5.41 Å². The van der Waals surface area contributed by atoms with Crippen molar-refractivity contribution >= 4 is 33.2 Å². The van der Waals surface area contributed by atoms with Gasteiger partial charge in [-0.1, -0.05) is 6.92 Å². The molecule has 4 heteroatoms. The van der Waals surface area contributed by atoms with E-state index < -0.39 is 0 Å². The van der Waals surface area contributed by atoms with Crippen LogP contribution in [0, 0.1) is 5.41 Å². The highest BCUT2D eigenvalue weighted by molar-refractivity contribution is 9.10. The van der Waals surface area contributed by atoms with E-state index in [0.717, 1.165) is 15.9 Å². The number of thiophene rings is 1. The molecule has 0 bridgehead atoms. The van der Waals surface area contributed by atoms with Crippen LogP contribution in [0.1, 0.15) is 29.4 Å². The van der Waals surface area contributed by atoms with E-state index in [1.54, 1.807) is 0 Å². The third-order valence-corrected chi connectivity index (χ3v) is 4.44. The van der Waals surface area contributed by atoms with Crippen molar-refractivity contribution in [3.05, 3.63) is 20.8 Å². The molecule has 14 heavy (non-hydrogen) atoms. The van der Waals surface area contributed by atoms with Gasteiger partial charge in [-0.3, -0.25) is 4.79 Å². The topological polar surface area (TPSA) is 29.1 Å². The van der Waals surface area contributed by atoms with Crippen molar-refractivity contribution in [2.75, 3.05) is 6.54 Å². The fraction of sp³-hybridized carbons (Fsp3) is 0.500. The third-order valence-electron chi connectivity index (χ3n) is 2.60. The summed E-state index contributed by atoms with van der Waals surface area (Å²) in [4.78, 5) is 12.4. The Balaban J connectivity index is 1.93. The van der Waals surface area contributed by atoms with E-state index in [4.69, 9.17) is 0 Å². The molecule has 1 amide bonds. The fourth-order valence-corrected chi connectivity index (χ4v) is 2.69. The van der Waals surface area contributed by atoms with Crippen LogP contribution in [0.3, 0.4) is 0 Å². The van der Waals surface area contributed by atoms with Gasteiger partial charge >= 0.3 is 0 Å². The van der Waals surface area contributed by atoms with Gasteiger partial charge in [0, 0.05) is 11.0 Å². The molecule has 2 rings (SSSR count). The summed E-state index contributed by atoms with van der Waals surface area (Å²) in [6.07, 6.45) is 2.47. The zero-order chi connectivity index (χ0) is 10.2. The molecule has 0 radical (unpaired) electrons. The first kappa shape index (κ1) is 10.2. The van der Waals surface area contributed by atoms with Crippen LogP contribution in [0.4, 0.5) is 0 Å². The Morgan fingerprint density at radius 3 is 2.93 bits per heavy atom. The summed E-state index contributed by atoms with van der Waals surface area (Å²) in [7, 11) is 0. The molecule has 76 valence electrons. The summed E-state index contributed by atoms with van der Waals surface area (Å²) in [5.41, 5.74) is 0.374. The molecule has 1 saturated carbocycles. The van der Waals surface area contributed by atoms with Gasteiger partial charge in [0.2, 0.25) is 0 Å². The standard InChI is InChI=1S/C10H12BrNOS/c1-10(3-4-10)6-12-9(13)8-7(11)2-5-14-8/h2,5H,3-4,6H2,1H3,(H,12,13). The number of rotatable bonds is 3. The van der Waals surface area contributed by atoms with Gasteiger partial charge in [-0.15, -0.1) is 11.3 Å². The van der Waals surface area contributed by atoms with Crippen LogP contribution in [-0.2, 0) is 0 Å². The van der Waals surface area contributed by atoms with Crippen molar-refractivity contribution in [1.29, 1.82) is 0 Å². The largest absolute Gasteiger partial charge is 0.351 e. The van der Waals surface area contributed by atoms with E-state index in [1.165, 1.54) is 24.2 Å². The van der Waals surface area contributed by atoms with Gasteiger partial charge in [-0.25, -0.2) is 0 Å². The summed E-state index contributed by atoms with van der Waals surface area (Å²) in [6, 6.07) is 1.90. The van der Waals surface area contributed by atoms with Crippen molar-refractivity contribution in [2.24, 2.45) is 5.41 Å². The Bertz CT molecular complexity index is 357. The number of carbonyl (C=O) groups excluding carboxylic acids is 1. The van der Waals surface area contributed by atoms with Crippen LogP contribution in [0.25, 0.3) is 0 Å². The van der Waals surface area contributed by atoms with E-state index in [1.807, 2.05) is 11.4 Å². The lowest BCUT2D eigenvalue weighted by molar-refractivity contribution is 0.0949. The molecule has 0 unspecified atom stereocenters. The maximum atomic E-state index is 11.7. The van der Waals surface area contributed by atoms with Gasteiger partial charge in [0.25, 0.3) is 5.91 Å². The number of hydrogen-bond donors (Lipinski definition) is 1. The first-order chi connectivity index (χ1) is 6.61. The molecule has 1 heterocycles. The van der Waals surface area contributed by atoms with Crippen molar-refractivity contribution in [1.82, 2.24) is 5.32 Å². The molecule has 1 fully saturated rings. The average Bonchev–Trinajstić information content (AvgIpc) is 2.72. The Hall–Kier alpha value is -0.350. The number of halogens is 1. The van der Waals surface area contributed by atoms with Crippen molar-refractivity contribution in [2.45, 2.75) is 19.8 Å². The Morgan fingerprint density at radius 2 is 2.43 bits per heavy atom. The van der Waals surface area contributed by atoms with Gasteiger partial charge in [0.1, 0.15) is 4.88 Å². The van der Waals surface area contributed by atoms with Crippen molar-refractivity contribution in [3.8, 4) is 0 Å². The molecule has 1 aromatic rings. The van der Waals surface area contributed by atoms with Gasteiger partial charge in [0.05, 0.1) is 0 Å². The molecule has 0 aliphatic heterocycles. The first-order valence-corrected chi connectivity index (χ1v) is 6.29. The molecule has 1 aromatic heterocycles. The average molecular weight is 274 g/mol. The molecule has 1 N–H and O–H groups in total. The Labute approximate surface area is 95.8 Å². The fourth-order valence-electron chi connectivity index (χ4n) is 1.22.